The maximum Gasteiger partial charge on any atom is 0.232 e. The van der Waals surface area contributed by atoms with E-state index in [0.717, 1.165) is 41.7 Å². The quantitative estimate of drug-likeness (QED) is 0.659. The molecule has 0 saturated heterocycles. The summed E-state index contributed by atoms with van der Waals surface area (Å²) >= 11 is 0. The first-order chi connectivity index (χ1) is 12.2. The molecule has 0 spiro atoms. The number of H-pyrrole nitrogens is 1. The second-order valence-electron chi connectivity index (χ2n) is 6.36. The number of aromatic amines is 1. The average molecular weight is 342 g/mol. The van der Waals surface area contributed by atoms with Crippen LogP contribution in [0.4, 0.5) is 11.6 Å². The Kier molecular flexibility index (Phi) is 4.04. The van der Waals surface area contributed by atoms with E-state index < -0.39 is 0 Å². The van der Waals surface area contributed by atoms with Crippen LogP contribution in [0.25, 0.3) is 11.0 Å². The Morgan fingerprint density at radius 3 is 3.04 bits per heavy atom. The van der Waals surface area contributed by atoms with Crippen molar-refractivity contribution in [2.45, 2.75) is 45.3 Å². The molecular formula is C17H22N6O2. The zero-order valence-corrected chi connectivity index (χ0v) is 14.4. The second-order valence-corrected chi connectivity index (χ2v) is 6.36. The molecule has 3 aromatic rings. The van der Waals surface area contributed by atoms with Gasteiger partial charge in [0.1, 0.15) is 5.65 Å². The Morgan fingerprint density at radius 2 is 2.28 bits per heavy atom. The Hall–Kier alpha value is -2.61. The van der Waals surface area contributed by atoms with Gasteiger partial charge in [-0.15, -0.1) is 0 Å². The summed E-state index contributed by atoms with van der Waals surface area (Å²) in [6.45, 7) is 4.48. The van der Waals surface area contributed by atoms with Gasteiger partial charge in [-0.3, -0.25) is 4.68 Å². The lowest BCUT2D eigenvalue weighted by atomic mass is 10.2. The highest BCUT2D eigenvalue weighted by Crippen LogP contribution is 2.33. The van der Waals surface area contributed by atoms with E-state index in [4.69, 9.17) is 4.74 Å². The van der Waals surface area contributed by atoms with E-state index in [1.807, 2.05) is 30.8 Å². The summed E-state index contributed by atoms with van der Waals surface area (Å²) in [7, 11) is 0. The fraction of sp³-hybridized carbons (Fsp3) is 0.471. The lowest BCUT2D eigenvalue weighted by Gasteiger charge is -2.13. The van der Waals surface area contributed by atoms with Crippen LogP contribution in [0.3, 0.4) is 0 Å². The monoisotopic (exact) mass is 342 g/mol. The fourth-order valence-corrected chi connectivity index (χ4v) is 3.41. The van der Waals surface area contributed by atoms with Crippen molar-refractivity contribution in [3.8, 4) is 5.88 Å². The van der Waals surface area contributed by atoms with Crippen LogP contribution in [-0.4, -0.2) is 42.5 Å². The first-order valence-electron chi connectivity index (χ1n) is 8.62. The highest BCUT2D eigenvalue weighted by molar-refractivity contribution is 5.82. The number of aliphatic hydroxyl groups excluding tert-OH is 1. The fourth-order valence-electron chi connectivity index (χ4n) is 3.41. The Labute approximate surface area is 145 Å². The third kappa shape index (κ3) is 2.93. The Bertz CT molecular complexity index is 887. The summed E-state index contributed by atoms with van der Waals surface area (Å²) in [5.41, 5.74) is 2.59. The molecule has 3 heterocycles. The first kappa shape index (κ1) is 15.9. The molecule has 0 aliphatic heterocycles. The van der Waals surface area contributed by atoms with Gasteiger partial charge in [-0.05, 0) is 39.2 Å². The minimum absolute atomic E-state index is 0.225. The van der Waals surface area contributed by atoms with Crippen molar-refractivity contribution in [2.24, 2.45) is 0 Å². The predicted molar refractivity (Wildman–Crippen MR) is 94.2 cm³/mol. The lowest BCUT2D eigenvalue weighted by Crippen LogP contribution is -2.10. The lowest BCUT2D eigenvalue weighted by molar-refractivity contribution is 0.177. The maximum atomic E-state index is 9.76. The number of hydrogen-bond donors (Lipinski definition) is 3. The number of rotatable bonds is 5. The van der Waals surface area contributed by atoms with Gasteiger partial charge in [0.25, 0.3) is 0 Å². The van der Waals surface area contributed by atoms with E-state index in [-0.39, 0.29) is 12.1 Å². The van der Waals surface area contributed by atoms with Crippen LogP contribution in [0.1, 0.15) is 37.9 Å². The molecule has 4 rings (SSSR count). The van der Waals surface area contributed by atoms with Gasteiger partial charge in [-0.25, -0.2) is 0 Å². The number of hydrogen-bond acceptors (Lipinski definition) is 6. The van der Waals surface area contributed by atoms with Gasteiger partial charge in [-0.2, -0.15) is 15.1 Å². The number of nitrogens with zero attached hydrogens (tertiary/aromatic N) is 4. The number of ether oxygens (including phenoxy) is 1. The van der Waals surface area contributed by atoms with Gasteiger partial charge >= 0.3 is 0 Å². The molecule has 1 aliphatic rings. The summed E-state index contributed by atoms with van der Waals surface area (Å²) < 4.78 is 7.61. The summed E-state index contributed by atoms with van der Waals surface area (Å²) in [6.07, 6.45) is 5.90. The van der Waals surface area contributed by atoms with E-state index in [1.54, 1.807) is 6.20 Å². The van der Waals surface area contributed by atoms with Crippen LogP contribution >= 0.6 is 0 Å². The van der Waals surface area contributed by atoms with Gasteiger partial charge in [-0.1, -0.05) is 0 Å². The summed E-state index contributed by atoms with van der Waals surface area (Å²) in [5, 5.41) is 18.3. The number of fused-ring (bicyclic) bond motifs is 1. The van der Waals surface area contributed by atoms with Gasteiger partial charge in [0, 0.05) is 6.20 Å². The van der Waals surface area contributed by atoms with Crippen molar-refractivity contribution in [3.05, 3.63) is 24.2 Å². The molecule has 3 aromatic heterocycles. The molecule has 132 valence electrons. The minimum Gasteiger partial charge on any atom is -0.477 e. The normalized spacial score (nSPS) is 20.3. The molecule has 25 heavy (non-hydrogen) atoms. The molecule has 0 amide bonds. The number of aliphatic hydroxyl groups is 1. The van der Waals surface area contributed by atoms with Crippen molar-refractivity contribution in [1.29, 1.82) is 0 Å². The molecule has 1 saturated carbocycles. The highest BCUT2D eigenvalue weighted by Gasteiger charge is 2.26. The maximum absolute atomic E-state index is 9.76. The van der Waals surface area contributed by atoms with Crippen molar-refractivity contribution >= 4 is 22.7 Å². The molecular weight excluding hydrogens is 320 g/mol. The Balaban J connectivity index is 1.62. The van der Waals surface area contributed by atoms with Crippen molar-refractivity contribution < 1.29 is 9.84 Å². The highest BCUT2D eigenvalue weighted by atomic mass is 16.5. The predicted octanol–water partition coefficient (Wildman–Crippen LogP) is 2.69. The van der Waals surface area contributed by atoms with Crippen molar-refractivity contribution in [1.82, 2.24) is 24.7 Å². The molecule has 0 radical (unpaired) electrons. The Morgan fingerprint density at radius 1 is 1.40 bits per heavy atom. The first-order valence-corrected chi connectivity index (χ1v) is 8.62. The molecule has 0 aromatic carbocycles. The van der Waals surface area contributed by atoms with Gasteiger partial charge < -0.3 is 20.1 Å². The largest absolute Gasteiger partial charge is 0.477 e. The van der Waals surface area contributed by atoms with E-state index in [0.29, 0.717) is 18.4 Å². The van der Waals surface area contributed by atoms with Gasteiger partial charge in [0.2, 0.25) is 11.8 Å². The van der Waals surface area contributed by atoms with Crippen molar-refractivity contribution in [2.75, 3.05) is 11.9 Å². The minimum atomic E-state index is -0.225. The SMILES string of the molecule is CCOc1nc(Nc2cnn([C@@H]3CC[C@H](O)C3)c2C)nc2[nH]ccc12. The molecule has 8 heteroatoms. The van der Waals surface area contributed by atoms with Crippen LogP contribution in [0, 0.1) is 6.92 Å². The molecule has 1 fully saturated rings. The van der Waals surface area contributed by atoms with Crippen molar-refractivity contribution in [3.63, 3.8) is 0 Å². The second kappa shape index (κ2) is 6.36. The number of nitrogens with one attached hydrogen (secondary N) is 2. The summed E-state index contributed by atoms with van der Waals surface area (Å²) in [5.74, 6) is 1.02. The van der Waals surface area contributed by atoms with Crippen LogP contribution in [0.15, 0.2) is 18.5 Å². The smallest absolute Gasteiger partial charge is 0.232 e. The van der Waals surface area contributed by atoms with E-state index in [9.17, 15) is 5.11 Å². The molecule has 3 N–H and O–H groups in total. The average Bonchev–Trinajstić information content (AvgIpc) is 3.29. The van der Waals surface area contributed by atoms with Crippen LogP contribution < -0.4 is 10.1 Å². The molecule has 0 unspecified atom stereocenters. The van der Waals surface area contributed by atoms with Gasteiger partial charge in [0.15, 0.2) is 0 Å². The van der Waals surface area contributed by atoms with Crippen LogP contribution in [-0.2, 0) is 0 Å². The van der Waals surface area contributed by atoms with E-state index in [2.05, 4.69) is 25.4 Å². The summed E-state index contributed by atoms with van der Waals surface area (Å²) in [6, 6.07) is 2.15. The van der Waals surface area contributed by atoms with E-state index in [1.165, 1.54) is 0 Å². The number of aromatic nitrogens is 5. The zero-order chi connectivity index (χ0) is 17.4. The van der Waals surface area contributed by atoms with Gasteiger partial charge in [0.05, 0.1) is 41.7 Å². The van der Waals surface area contributed by atoms with E-state index >= 15 is 0 Å². The molecule has 2 atom stereocenters. The number of anilines is 2. The third-order valence-corrected chi connectivity index (χ3v) is 4.68. The van der Waals surface area contributed by atoms with Crippen LogP contribution in [0.5, 0.6) is 5.88 Å². The molecule has 8 nitrogen and oxygen atoms in total. The molecule has 0 bridgehead atoms. The standard InChI is InChI=1S/C17H22N6O2/c1-3-25-16-13-6-7-18-15(13)21-17(22-16)20-14-9-19-23(10(14)2)11-4-5-12(24)8-11/h6-7,9,11-12,24H,3-5,8H2,1-2H3,(H2,18,20,21,22)/t11-,12+/m1/s1. The zero-order valence-electron chi connectivity index (χ0n) is 14.4. The topological polar surface area (TPSA) is 101 Å². The molecule has 1 aliphatic carbocycles. The summed E-state index contributed by atoms with van der Waals surface area (Å²) in [4.78, 5) is 12.1. The third-order valence-electron chi connectivity index (χ3n) is 4.68. The van der Waals surface area contributed by atoms with Crippen LogP contribution in [0.2, 0.25) is 0 Å².